The van der Waals surface area contributed by atoms with Crippen LogP contribution in [0.4, 0.5) is 11.4 Å². The molecule has 0 saturated carbocycles. The average molecular weight is 622 g/mol. The number of aromatic hydroxyl groups is 1. The molecule has 2 aliphatic heterocycles. The fourth-order valence-electron chi connectivity index (χ4n) is 5.42. The predicted octanol–water partition coefficient (Wildman–Crippen LogP) is 8.12. The zero-order valence-electron chi connectivity index (χ0n) is 22.7. The van der Waals surface area contributed by atoms with Crippen LogP contribution in [-0.2, 0) is 26.1 Å². The fourth-order valence-corrected chi connectivity index (χ4v) is 6.28. The van der Waals surface area contributed by atoms with Gasteiger partial charge >= 0.3 is 11.9 Å². The highest BCUT2D eigenvalue weighted by Crippen LogP contribution is 2.58. The van der Waals surface area contributed by atoms with Crippen LogP contribution >= 0.6 is 32.0 Å². The number of carbonyl (C=O) groups is 2. The molecule has 1 N–H and O–H groups in total. The highest BCUT2D eigenvalue weighted by atomic mass is 35.5. The number of halogens is 2. The second-order valence-electron chi connectivity index (χ2n) is 10.0. The van der Waals surface area contributed by atoms with Gasteiger partial charge in [0.15, 0.2) is 5.60 Å². The quantitative estimate of drug-likeness (QED) is 0.165. The average Bonchev–Trinajstić information content (AvgIpc) is 3.29. The van der Waals surface area contributed by atoms with Crippen LogP contribution in [0.1, 0.15) is 46.0 Å². The molecule has 10 heteroatoms. The zero-order valence-corrected chi connectivity index (χ0v) is 25.3. The van der Waals surface area contributed by atoms with E-state index in [9.17, 15) is 14.7 Å². The number of phenolic OH excluding ortho intramolecular Hbond substituents is 1. The Labute approximate surface area is 254 Å². The van der Waals surface area contributed by atoms with Crippen molar-refractivity contribution in [3.63, 3.8) is 0 Å². The summed E-state index contributed by atoms with van der Waals surface area (Å²) in [6, 6.07) is 21.5. The molecule has 0 aromatic heterocycles. The van der Waals surface area contributed by atoms with Crippen molar-refractivity contribution in [1.82, 2.24) is 0 Å². The first-order valence-corrected chi connectivity index (χ1v) is 15.2. The third kappa shape index (κ3) is 4.76. The molecule has 2 heterocycles. The Bertz CT molecular complexity index is 1730. The number of esters is 1. The minimum Gasteiger partial charge on any atom is -0.506 e. The van der Waals surface area contributed by atoms with Crippen molar-refractivity contribution in [3.8, 4) is 17.2 Å². The van der Waals surface area contributed by atoms with Crippen molar-refractivity contribution in [3.05, 3.63) is 111 Å². The molecule has 0 fully saturated rings. The molecule has 6 rings (SSSR count). The number of ether oxygens (including phenoxy) is 2. The minimum absolute atomic E-state index is 0.102. The second kappa shape index (κ2) is 11.1. The van der Waals surface area contributed by atoms with Crippen molar-refractivity contribution in [1.29, 1.82) is 0 Å². The van der Waals surface area contributed by atoms with Gasteiger partial charge in [-0.15, -0.1) is 0 Å². The maximum absolute atomic E-state index is 13.1. The fraction of sp³-hybridized carbons (Fsp3) is 0.188. The van der Waals surface area contributed by atoms with Gasteiger partial charge in [-0.2, -0.15) is 0 Å². The number of rotatable bonds is 7. The van der Waals surface area contributed by atoms with Gasteiger partial charge in [0.1, 0.15) is 17.2 Å². The molecule has 0 radical (unpaired) electrons. The van der Waals surface area contributed by atoms with Crippen LogP contribution in [0.15, 0.2) is 72.8 Å². The topological polar surface area (TPSA) is 85.3 Å². The molecule has 0 amide bonds. The molecule has 42 heavy (non-hydrogen) atoms. The number of anilines is 2. The molecule has 0 bridgehead atoms. The Morgan fingerprint density at radius 1 is 0.976 bits per heavy atom. The SMILES string of the molecule is CCPOC(=O)CCc1ccc(N(C)c2cc3c(cc2Cl)C2(OC(=O)c4ccccc42)c2cc(Cl)c(O)cc2O3)cc1. The zero-order chi connectivity index (χ0) is 29.6. The van der Waals surface area contributed by atoms with Gasteiger partial charge in [-0.3, -0.25) is 4.79 Å². The molecular weight excluding hydrogens is 596 g/mol. The third-order valence-electron chi connectivity index (χ3n) is 7.48. The highest BCUT2D eigenvalue weighted by molar-refractivity contribution is 7.32. The van der Waals surface area contributed by atoms with Gasteiger partial charge in [-0.05, 0) is 48.5 Å². The molecule has 2 atom stereocenters. The second-order valence-corrected chi connectivity index (χ2v) is 12.0. The van der Waals surface area contributed by atoms with E-state index in [1.54, 1.807) is 30.3 Å². The Morgan fingerprint density at radius 3 is 2.40 bits per heavy atom. The number of hydrogen-bond acceptors (Lipinski definition) is 7. The van der Waals surface area contributed by atoms with Gasteiger partial charge in [0.05, 0.1) is 30.1 Å². The molecule has 2 aliphatic rings. The van der Waals surface area contributed by atoms with Gasteiger partial charge in [0.2, 0.25) is 0 Å². The summed E-state index contributed by atoms with van der Waals surface area (Å²) in [7, 11) is 2.08. The van der Waals surface area contributed by atoms with E-state index in [-0.39, 0.29) is 25.5 Å². The first-order chi connectivity index (χ1) is 20.2. The molecule has 7 nitrogen and oxygen atoms in total. The minimum atomic E-state index is -1.37. The molecular formula is C32H26Cl2NO6P. The van der Waals surface area contributed by atoms with Gasteiger partial charge in [0.25, 0.3) is 0 Å². The normalized spacial score (nSPS) is 16.5. The molecule has 1 spiro atoms. The van der Waals surface area contributed by atoms with Gasteiger partial charge in [-0.25, -0.2) is 4.79 Å². The third-order valence-corrected chi connectivity index (χ3v) is 8.75. The molecule has 2 unspecified atom stereocenters. The van der Waals surface area contributed by atoms with Gasteiger partial charge in [-0.1, -0.05) is 60.5 Å². The van der Waals surface area contributed by atoms with Crippen molar-refractivity contribution < 1.29 is 28.7 Å². The van der Waals surface area contributed by atoms with E-state index in [4.69, 9.17) is 37.2 Å². The summed E-state index contributed by atoms with van der Waals surface area (Å²) in [4.78, 5) is 26.9. The van der Waals surface area contributed by atoms with Crippen LogP contribution in [-0.4, -0.2) is 30.3 Å². The number of carbonyl (C=O) groups excluding carboxylic acids is 2. The molecule has 4 aromatic carbocycles. The summed E-state index contributed by atoms with van der Waals surface area (Å²) in [5.41, 5.74) is 3.26. The summed E-state index contributed by atoms with van der Waals surface area (Å²) in [5, 5.41) is 10.9. The Balaban J connectivity index is 1.37. The number of aryl methyl sites for hydroxylation is 1. The van der Waals surface area contributed by atoms with Crippen LogP contribution in [0.2, 0.25) is 10.0 Å². The lowest BCUT2D eigenvalue weighted by Crippen LogP contribution is -2.33. The van der Waals surface area contributed by atoms with Crippen LogP contribution in [0.25, 0.3) is 0 Å². The standard InChI is InChI=1S/C32H26Cl2NO6P/c1-3-42-41-30(37)13-10-18-8-11-19(12-9-18)35(2)26-16-28-22(14-24(26)33)32(21-7-5-4-6-20(21)31(38)40-32)23-15-25(34)27(36)17-29(23)39-28/h4-9,11-12,14-17,36,42H,3,10,13H2,1-2H3. The monoisotopic (exact) mass is 621 g/mol. The number of nitrogens with zero attached hydrogens (tertiary/aromatic N) is 1. The van der Waals surface area contributed by atoms with Crippen molar-refractivity contribution in [2.24, 2.45) is 0 Å². The number of phenols is 1. The lowest BCUT2D eigenvalue weighted by atomic mass is 9.77. The number of benzene rings is 4. The van der Waals surface area contributed by atoms with E-state index < -0.39 is 11.6 Å². The summed E-state index contributed by atoms with van der Waals surface area (Å²) in [5.74, 6) is -0.0973. The molecule has 214 valence electrons. The first-order valence-electron chi connectivity index (χ1n) is 13.4. The van der Waals surface area contributed by atoms with Crippen molar-refractivity contribution in [2.75, 3.05) is 18.1 Å². The summed E-state index contributed by atoms with van der Waals surface area (Å²) < 4.78 is 17.6. The molecule has 0 saturated heterocycles. The lowest BCUT2D eigenvalue weighted by Gasteiger charge is -2.37. The molecule has 0 aliphatic carbocycles. The summed E-state index contributed by atoms with van der Waals surface area (Å²) >= 11 is 13.2. The van der Waals surface area contributed by atoms with Crippen LogP contribution in [0.5, 0.6) is 17.2 Å². The van der Waals surface area contributed by atoms with E-state index in [1.165, 1.54) is 6.07 Å². The Morgan fingerprint density at radius 2 is 1.67 bits per heavy atom. The van der Waals surface area contributed by atoms with E-state index in [0.717, 1.165) is 17.4 Å². The summed E-state index contributed by atoms with van der Waals surface area (Å²) in [6.45, 7) is 1.97. The van der Waals surface area contributed by atoms with E-state index in [2.05, 4.69) is 0 Å². The van der Waals surface area contributed by atoms with Gasteiger partial charge < -0.3 is 24.0 Å². The molecule has 4 aromatic rings. The predicted molar refractivity (Wildman–Crippen MR) is 164 cm³/mol. The van der Waals surface area contributed by atoms with Crippen molar-refractivity contribution >= 4 is 55.3 Å². The van der Waals surface area contributed by atoms with Crippen LogP contribution in [0, 0.1) is 0 Å². The Hall–Kier alpha value is -3.77. The number of hydrogen-bond donors (Lipinski definition) is 1. The lowest BCUT2D eigenvalue weighted by molar-refractivity contribution is -0.133. The van der Waals surface area contributed by atoms with Crippen molar-refractivity contribution in [2.45, 2.75) is 25.4 Å². The van der Waals surface area contributed by atoms with Crippen LogP contribution in [0.3, 0.4) is 0 Å². The summed E-state index contributed by atoms with van der Waals surface area (Å²) in [6.07, 6.45) is 1.74. The largest absolute Gasteiger partial charge is 0.506 e. The van der Waals surface area contributed by atoms with E-state index >= 15 is 0 Å². The van der Waals surface area contributed by atoms with E-state index in [0.29, 0.717) is 57.3 Å². The Kier molecular flexibility index (Phi) is 7.52. The van der Waals surface area contributed by atoms with Crippen LogP contribution < -0.4 is 9.64 Å². The van der Waals surface area contributed by atoms with Gasteiger partial charge in [0, 0.05) is 48.0 Å². The number of fused-ring (bicyclic) bond motifs is 6. The smallest absolute Gasteiger partial charge is 0.340 e. The maximum Gasteiger partial charge on any atom is 0.340 e. The maximum atomic E-state index is 13.1. The van der Waals surface area contributed by atoms with E-state index in [1.807, 2.05) is 55.3 Å². The first kappa shape index (κ1) is 28.4. The highest BCUT2D eigenvalue weighted by Gasteiger charge is 2.54.